The van der Waals surface area contributed by atoms with E-state index in [9.17, 15) is 14.9 Å². The molecule has 2 aliphatic heterocycles. The summed E-state index contributed by atoms with van der Waals surface area (Å²) in [5.74, 6) is 0.661. The molecule has 3 rings (SSSR count). The van der Waals surface area contributed by atoms with Crippen LogP contribution in [0.15, 0.2) is 9.70 Å². The topological polar surface area (TPSA) is 78.6 Å². The Balaban J connectivity index is 2.05. The number of nitrogens with zero attached hydrogens (tertiary/aromatic N) is 4. The lowest BCUT2D eigenvalue weighted by molar-refractivity contribution is -0.122. The number of ether oxygens (including phenoxy) is 1. The standard InChI is InChI=1S/C22H28N4O3S2/c1-4-25-19(24-9-6-7-10-24)16(15(3)17(14-23)20(25)27)13-18-21(28)26(22(30)31-18)11-8-12-29-5-2/h13H,4-12H2,1-3H3. The first-order valence-corrected chi connectivity index (χ1v) is 11.9. The fourth-order valence-electron chi connectivity index (χ4n) is 4.00. The van der Waals surface area contributed by atoms with Crippen LogP contribution in [0, 0.1) is 18.3 Å². The van der Waals surface area contributed by atoms with Gasteiger partial charge in [0.25, 0.3) is 11.5 Å². The molecule has 166 valence electrons. The first-order valence-electron chi connectivity index (χ1n) is 10.7. The quantitative estimate of drug-likeness (QED) is 0.335. The number of thiocarbonyl (C=S) groups is 1. The highest BCUT2D eigenvalue weighted by atomic mass is 32.2. The van der Waals surface area contributed by atoms with Crippen molar-refractivity contribution in [2.24, 2.45) is 0 Å². The zero-order valence-electron chi connectivity index (χ0n) is 18.3. The second-order valence-electron chi connectivity index (χ2n) is 7.48. The van der Waals surface area contributed by atoms with E-state index in [0.717, 1.165) is 37.3 Å². The number of hydrogen-bond acceptors (Lipinski definition) is 7. The minimum atomic E-state index is -0.273. The molecule has 0 radical (unpaired) electrons. The van der Waals surface area contributed by atoms with Crippen LogP contribution in [-0.2, 0) is 16.1 Å². The van der Waals surface area contributed by atoms with Gasteiger partial charge in [0, 0.05) is 45.0 Å². The minimum absolute atomic E-state index is 0.128. The molecule has 0 saturated carbocycles. The molecule has 3 heterocycles. The number of nitriles is 1. The van der Waals surface area contributed by atoms with Crippen LogP contribution >= 0.6 is 24.0 Å². The molecule has 1 aromatic heterocycles. The molecule has 7 nitrogen and oxygen atoms in total. The fraction of sp³-hybridized carbons (Fsp3) is 0.545. The van der Waals surface area contributed by atoms with Crippen molar-refractivity contribution in [2.75, 3.05) is 37.7 Å². The molecule has 0 spiro atoms. The summed E-state index contributed by atoms with van der Waals surface area (Å²) in [6.07, 6.45) is 4.64. The molecule has 0 N–H and O–H groups in total. The summed E-state index contributed by atoms with van der Waals surface area (Å²) in [5, 5.41) is 9.63. The number of carbonyl (C=O) groups is 1. The van der Waals surface area contributed by atoms with Gasteiger partial charge < -0.3 is 9.64 Å². The van der Waals surface area contributed by atoms with Crippen molar-refractivity contribution in [1.29, 1.82) is 5.26 Å². The van der Waals surface area contributed by atoms with E-state index in [1.54, 1.807) is 16.4 Å². The SMILES string of the molecule is CCOCCCN1C(=O)C(=Cc2c(C)c(C#N)c(=O)n(CC)c2N2CCCC2)SC1=S. The molecular formula is C22H28N4O3S2. The minimum Gasteiger partial charge on any atom is -0.382 e. The first-order chi connectivity index (χ1) is 14.9. The van der Waals surface area contributed by atoms with Gasteiger partial charge in [-0.25, -0.2) is 0 Å². The van der Waals surface area contributed by atoms with Crippen LogP contribution in [0.1, 0.15) is 49.8 Å². The highest BCUT2D eigenvalue weighted by Crippen LogP contribution is 2.36. The van der Waals surface area contributed by atoms with E-state index in [2.05, 4.69) is 11.0 Å². The van der Waals surface area contributed by atoms with E-state index in [-0.39, 0.29) is 17.0 Å². The lowest BCUT2D eigenvalue weighted by Gasteiger charge is -2.26. The third-order valence-electron chi connectivity index (χ3n) is 5.59. The Kier molecular flexibility index (Phi) is 7.92. The van der Waals surface area contributed by atoms with E-state index < -0.39 is 0 Å². The Morgan fingerprint density at radius 3 is 2.58 bits per heavy atom. The van der Waals surface area contributed by atoms with Gasteiger partial charge in [0.05, 0.1) is 4.91 Å². The highest BCUT2D eigenvalue weighted by molar-refractivity contribution is 8.26. The third-order valence-corrected chi connectivity index (χ3v) is 6.97. The summed E-state index contributed by atoms with van der Waals surface area (Å²) in [6, 6.07) is 2.07. The smallest absolute Gasteiger partial charge is 0.270 e. The van der Waals surface area contributed by atoms with Crippen LogP contribution < -0.4 is 10.5 Å². The maximum Gasteiger partial charge on any atom is 0.270 e. The van der Waals surface area contributed by atoms with Crippen molar-refractivity contribution in [2.45, 2.75) is 46.6 Å². The summed E-state index contributed by atoms with van der Waals surface area (Å²) < 4.78 is 7.55. The van der Waals surface area contributed by atoms with Crippen LogP contribution in [0.3, 0.4) is 0 Å². The summed E-state index contributed by atoms with van der Waals surface area (Å²) >= 11 is 6.72. The molecule has 0 atom stereocenters. The summed E-state index contributed by atoms with van der Waals surface area (Å²) in [4.78, 5) is 30.3. The lowest BCUT2D eigenvalue weighted by atomic mass is 10.0. The van der Waals surface area contributed by atoms with Crippen LogP contribution in [-0.4, -0.2) is 52.5 Å². The number of pyridine rings is 1. The molecule has 1 amide bonds. The van der Waals surface area contributed by atoms with Crippen LogP contribution in [0.2, 0.25) is 0 Å². The average Bonchev–Trinajstić information content (AvgIpc) is 3.37. The summed E-state index contributed by atoms with van der Waals surface area (Å²) in [5.41, 5.74) is 1.23. The first kappa shape index (κ1) is 23.5. The summed E-state index contributed by atoms with van der Waals surface area (Å²) in [6.45, 7) is 9.52. The Bertz CT molecular complexity index is 1000. The van der Waals surface area contributed by atoms with Crippen molar-refractivity contribution >= 4 is 46.1 Å². The Hall–Kier alpha value is -2.15. The normalized spacial score (nSPS) is 17.8. The second-order valence-corrected chi connectivity index (χ2v) is 9.15. The van der Waals surface area contributed by atoms with Gasteiger partial charge >= 0.3 is 0 Å². The maximum absolute atomic E-state index is 13.1. The van der Waals surface area contributed by atoms with E-state index >= 15 is 0 Å². The molecule has 2 aliphatic rings. The van der Waals surface area contributed by atoms with Gasteiger partial charge in [0.2, 0.25) is 0 Å². The predicted octanol–water partition coefficient (Wildman–Crippen LogP) is 3.28. The molecule has 31 heavy (non-hydrogen) atoms. The van der Waals surface area contributed by atoms with E-state index in [0.29, 0.717) is 47.5 Å². The van der Waals surface area contributed by atoms with Crippen LogP contribution in [0.25, 0.3) is 6.08 Å². The maximum atomic E-state index is 13.1. The number of carbonyl (C=O) groups excluding carboxylic acids is 1. The molecule has 0 aromatic carbocycles. The molecular weight excluding hydrogens is 432 g/mol. The zero-order valence-corrected chi connectivity index (χ0v) is 19.9. The predicted molar refractivity (Wildman–Crippen MR) is 128 cm³/mol. The molecule has 9 heteroatoms. The second kappa shape index (κ2) is 10.4. The lowest BCUT2D eigenvalue weighted by Crippen LogP contribution is -2.33. The number of amides is 1. The molecule has 0 aliphatic carbocycles. The number of anilines is 1. The number of rotatable bonds is 8. The van der Waals surface area contributed by atoms with E-state index in [1.807, 2.05) is 19.9 Å². The zero-order chi connectivity index (χ0) is 22.5. The molecule has 2 saturated heterocycles. The Labute approximate surface area is 192 Å². The highest BCUT2D eigenvalue weighted by Gasteiger charge is 2.33. The van der Waals surface area contributed by atoms with E-state index in [4.69, 9.17) is 17.0 Å². The fourth-order valence-corrected chi connectivity index (χ4v) is 5.29. The van der Waals surface area contributed by atoms with Gasteiger partial charge in [0.15, 0.2) is 0 Å². The summed E-state index contributed by atoms with van der Waals surface area (Å²) in [7, 11) is 0. The number of hydrogen-bond donors (Lipinski definition) is 0. The van der Waals surface area contributed by atoms with Crippen LogP contribution in [0.5, 0.6) is 0 Å². The van der Waals surface area contributed by atoms with Crippen molar-refractivity contribution in [3.8, 4) is 6.07 Å². The number of aromatic nitrogens is 1. The molecule has 1 aromatic rings. The molecule has 0 unspecified atom stereocenters. The Morgan fingerprint density at radius 1 is 1.26 bits per heavy atom. The average molecular weight is 461 g/mol. The third kappa shape index (κ3) is 4.71. The molecule has 2 fully saturated rings. The van der Waals surface area contributed by atoms with Crippen molar-refractivity contribution in [3.63, 3.8) is 0 Å². The van der Waals surface area contributed by atoms with Crippen LogP contribution in [0.4, 0.5) is 5.82 Å². The van der Waals surface area contributed by atoms with Gasteiger partial charge in [-0.3, -0.25) is 19.1 Å². The van der Waals surface area contributed by atoms with Crippen molar-refractivity contribution in [3.05, 3.63) is 31.9 Å². The number of thioether (sulfide) groups is 1. The monoisotopic (exact) mass is 460 g/mol. The van der Waals surface area contributed by atoms with Gasteiger partial charge in [0.1, 0.15) is 21.8 Å². The van der Waals surface area contributed by atoms with E-state index in [1.165, 1.54) is 11.8 Å². The van der Waals surface area contributed by atoms with Crippen molar-refractivity contribution < 1.29 is 9.53 Å². The van der Waals surface area contributed by atoms with Crippen molar-refractivity contribution in [1.82, 2.24) is 9.47 Å². The van der Waals surface area contributed by atoms with Gasteiger partial charge in [-0.1, -0.05) is 24.0 Å². The van der Waals surface area contributed by atoms with Gasteiger partial charge in [-0.05, 0) is 51.7 Å². The van der Waals surface area contributed by atoms with Gasteiger partial charge in [-0.15, -0.1) is 0 Å². The molecule has 0 bridgehead atoms. The Morgan fingerprint density at radius 2 is 1.97 bits per heavy atom. The van der Waals surface area contributed by atoms with Gasteiger partial charge in [-0.2, -0.15) is 5.26 Å². The largest absolute Gasteiger partial charge is 0.382 e.